The van der Waals surface area contributed by atoms with Gasteiger partial charge in [-0.3, -0.25) is 9.59 Å². The molecular weight excluding hydrogens is 566 g/mol. The zero-order valence-corrected chi connectivity index (χ0v) is 26.3. The second-order valence-corrected chi connectivity index (χ2v) is 12.6. The maximum atomic E-state index is 14.1. The fourth-order valence-electron chi connectivity index (χ4n) is 4.52. The molecule has 3 rings (SSSR count). The fraction of sp³-hybridized carbons (Fsp3) is 0.394. The van der Waals surface area contributed by atoms with Gasteiger partial charge in [0.15, 0.2) is 0 Å². The highest BCUT2D eigenvalue weighted by molar-refractivity contribution is 7.88. The summed E-state index contributed by atoms with van der Waals surface area (Å²) in [6.07, 6.45) is 2.06. The predicted molar refractivity (Wildman–Crippen MR) is 168 cm³/mol. The third-order valence-electron chi connectivity index (χ3n) is 6.84. The molecule has 10 heteroatoms. The Labute approximate surface area is 255 Å². The van der Waals surface area contributed by atoms with E-state index in [0.29, 0.717) is 25.3 Å². The van der Waals surface area contributed by atoms with Gasteiger partial charge in [-0.1, -0.05) is 72.8 Å². The fourth-order valence-corrected chi connectivity index (χ4v) is 5.25. The standard InChI is InChI=1S/C33H43N3O6S/c1-26(2)42-21-11-20-34-33(38)31(22-27-12-7-5-8-13-27)36(24-29-16-18-30(41-3)19-17-29)32(37)25-35(43(4,39)40)23-28-14-9-6-10-15-28/h5-10,12-19,26,31H,11,20-25H2,1-4H3,(H,34,38)/t31-/m1/s1. The molecule has 2 amide bonds. The van der Waals surface area contributed by atoms with Gasteiger partial charge in [-0.15, -0.1) is 0 Å². The lowest BCUT2D eigenvalue weighted by Crippen LogP contribution is -2.53. The summed E-state index contributed by atoms with van der Waals surface area (Å²) >= 11 is 0. The lowest BCUT2D eigenvalue weighted by molar-refractivity contribution is -0.141. The van der Waals surface area contributed by atoms with E-state index in [2.05, 4.69) is 5.32 Å². The van der Waals surface area contributed by atoms with Crippen LogP contribution in [-0.2, 0) is 43.9 Å². The second-order valence-electron chi connectivity index (χ2n) is 10.7. The molecule has 0 aromatic heterocycles. The maximum Gasteiger partial charge on any atom is 0.243 e. The maximum absolute atomic E-state index is 14.1. The Morgan fingerprint density at radius 1 is 0.837 bits per heavy atom. The molecule has 0 radical (unpaired) electrons. The van der Waals surface area contributed by atoms with Crippen LogP contribution >= 0.6 is 0 Å². The SMILES string of the molecule is COc1ccc(CN(C(=O)CN(Cc2ccccc2)S(C)(=O)=O)[C@H](Cc2ccccc2)C(=O)NCCCOC(C)C)cc1. The first-order chi connectivity index (χ1) is 20.6. The highest BCUT2D eigenvalue weighted by Gasteiger charge is 2.32. The molecule has 232 valence electrons. The number of hydrogen-bond donors (Lipinski definition) is 1. The van der Waals surface area contributed by atoms with E-state index in [0.717, 1.165) is 27.3 Å². The van der Waals surface area contributed by atoms with Gasteiger partial charge in [0.05, 0.1) is 26.0 Å². The summed E-state index contributed by atoms with van der Waals surface area (Å²) < 4.78 is 37.7. The van der Waals surface area contributed by atoms with Crippen LogP contribution in [0.25, 0.3) is 0 Å². The van der Waals surface area contributed by atoms with E-state index in [1.807, 2.05) is 86.6 Å². The van der Waals surface area contributed by atoms with Crippen molar-refractivity contribution < 1.29 is 27.5 Å². The average molecular weight is 610 g/mol. The zero-order chi connectivity index (χ0) is 31.2. The van der Waals surface area contributed by atoms with Crippen molar-refractivity contribution in [2.24, 2.45) is 0 Å². The van der Waals surface area contributed by atoms with Crippen LogP contribution in [0.4, 0.5) is 0 Å². The molecular formula is C33H43N3O6S. The number of ether oxygens (including phenoxy) is 2. The number of carbonyl (C=O) groups excluding carboxylic acids is 2. The van der Waals surface area contributed by atoms with E-state index >= 15 is 0 Å². The third-order valence-corrected chi connectivity index (χ3v) is 8.03. The third kappa shape index (κ3) is 11.5. The number of nitrogens with zero attached hydrogens (tertiary/aromatic N) is 2. The van der Waals surface area contributed by atoms with Crippen molar-refractivity contribution in [3.63, 3.8) is 0 Å². The van der Waals surface area contributed by atoms with Crippen LogP contribution < -0.4 is 10.1 Å². The number of sulfonamides is 1. The van der Waals surface area contributed by atoms with Gasteiger partial charge < -0.3 is 19.7 Å². The van der Waals surface area contributed by atoms with Crippen molar-refractivity contribution in [1.29, 1.82) is 0 Å². The van der Waals surface area contributed by atoms with Crippen LogP contribution in [0.15, 0.2) is 84.9 Å². The van der Waals surface area contributed by atoms with Gasteiger partial charge in [-0.25, -0.2) is 8.42 Å². The molecule has 1 N–H and O–H groups in total. The van der Waals surface area contributed by atoms with E-state index in [9.17, 15) is 18.0 Å². The Morgan fingerprint density at radius 2 is 1.42 bits per heavy atom. The predicted octanol–water partition coefficient (Wildman–Crippen LogP) is 4.03. The van der Waals surface area contributed by atoms with E-state index in [4.69, 9.17) is 9.47 Å². The van der Waals surface area contributed by atoms with Gasteiger partial charge in [0, 0.05) is 32.7 Å². The van der Waals surface area contributed by atoms with Crippen LogP contribution in [0.3, 0.4) is 0 Å². The molecule has 0 aliphatic rings. The molecule has 9 nitrogen and oxygen atoms in total. The van der Waals surface area contributed by atoms with Crippen LogP contribution in [0.5, 0.6) is 5.75 Å². The highest BCUT2D eigenvalue weighted by Crippen LogP contribution is 2.19. The van der Waals surface area contributed by atoms with E-state index in [1.165, 1.54) is 4.90 Å². The number of rotatable bonds is 17. The minimum atomic E-state index is -3.75. The highest BCUT2D eigenvalue weighted by atomic mass is 32.2. The number of amides is 2. The summed E-state index contributed by atoms with van der Waals surface area (Å²) in [5.74, 6) is -0.129. The lowest BCUT2D eigenvalue weighted by Gasteiger charge is -2.33. The minimum Gasteiger partial charge on any atom is -0.497 e. The van der Waals surface area contributed by atoms with Crippen LogP contribution in [0.2, 0.25) is 0 Å². The molecule has 1 atom stereocenters. The monoisotopic (exact) mass is 609 g/mol. The quantitative estimate of drug-likeness (QED) is 0.232. The minimum absolute atomic E-state index is 0.0349. The Bertz CT molecular complexity index is 1380. The van der Waals surface area contributed by atoms with E-state index in [1.54, 1.807) is 19.2 Å². The molecule has 43 heavy (non-hydrogen) atoms. The molecule has 0 fully saturated rings. The van der Waals surface area contributed by atoms with Crippen molar-refractivity contribution >= 4 is 21.8 Å². The number of nitrogens with one attached hydrogen (secondary N) is 1. The van der Waals surface area contributed by atoms with Crippen LogP contribution in [0.1, 0.15) is 37.0 Å². The molecule has 0 saturated heterocycles. The van der Waals surface area contributed by atoms with Crippen molar-refractivity contribution in [2.45, 2.75) is 51.9 Å². The molecule has 3 aromatic rings. The van der Waals surface area contributed by atoms with Gasteiger partial charge in [-0.2, -0.15) is 4.31 Å². The summed E-state index contributed by atoms with van der Waals surface area (Å²) in [6, 6.07) is 24.9. The molecule has 0 aliphatic carbocycles. The number of hydrogen-bond acceptors (Lipinski definition) is 6. The molecule has 0 heterocycles. The number of methoxy groups -OCH3 is 1. The number of benzene rings is 3. The van der Waals surface area contributed by atoms with Crippen molar-refractivity contribution in [3.05, 3.63) is 102 Å². The largest absolute Gasteiger partial charge is 0.497 e. The summed E-state index contributed by atoms with van der Waals surface area (Å²) in [4.78, 5) is 29.3. The lowest BCUT2D eigenvalue weighted by atomic mass is 10.0. The first-order valence-corrected chi connectivity index (χ1v) is 16.3. The van der Waals surface area contributed by atoms with Crippen molar-refractivity contribution in [2.75, 3.05) is 33.1 Å². The van der Waals surface area contributed by atoms with Crippen molar-refractivity contribution in [3.8, 4) is 5.75 Å². The van der Waals surface area contributed by atoms with Gasteiger partial charge in [0.25, 0.3) is 0 Å². The van der Waals surface area contributed by atoms with Gasteiger partial charge in [0.1, 0.15) is 11.8 Å². The molecule has 0 unspecified atom stereocenters. The topological polar surface area (TPSA) is 105 Å². The van der Waals surface area contributed by atoms with E-state index < -0.39 is 28.5 Å². The first kappa shape index (κ1) is 33.8. The molecule has 0 saturated carbocycles. The van der Waals surface area contributed by atoms with E-state index in [-0.39, 0.29) is 31.5 Å². The summed E-state index contributed by atoms with van der Waals surface area (Å²) in [5, 5.41) is 2.97. The molecule has 3 aromatic carbocycles. The Morgan fingerprint density at radius 3 is 1.98 bits per heavy atom. The van der Waals surface area contributed by atoms with Crippen LogP contribution in [0, 0.1) is 0 Å². The summed E-state index contributed by atoms with van der Waals surface area (Å²) in [5.41, 5.74) is 2.41. The number of carbonyl (C=O) groups is 2. The normalized spacial score (nSPS) is 12.2. The van der Waals surface area contributed by atoms with Crippen molar-refractivity contribution in [1.82, 2.24) is 14.5 Å². The van der Waals surface area contributed by atoms with Gasteiger partial charge >= 0.3 is 0 Å². The summed E-state index contributed by atoms with van der Waals surface area (Å²) in [7, 11) is -2.18. The summed E-state index contributed by atoms with van der Waals surface area (Å²) in [6.45, 7) is 4.51. The Hall–Kier alpha value is -3.73. The smallest absolute Gasteiger partial charge is 0.243 e. The second kappa shape index (κ2) is 16.8. The average Bonchev–Trinajstić information content (AvgIpc) is 2.99. The first-order valence-electron chi connectivity index (χ1n) is 14.4. The van der Waals surface area contributed by atoms with Gasteiger partial charge in [-0.05, 0) is 49.1 Å². The molecule has 0 spiro atoms. The Kier molecular flexibility index (Phi) is 13.2. The zero-order valence-electron chi connectivity index (χ0n) is 25.4. The molecule has 0 bridgehead atoms. The molecule has 0 aliphatic heterocycles. The van der Waals surface area contributed by atoms with Gasteiger partial charge in [0.2, 0.25) is 21.8 Å². The Balaban J connectivity index is 1.93. The van der Waals surface area contributed by atoms with Crippen LogP contribution in [-0.4, -0.2) is 74.6 Å².